The number of rotatable bonds is 2. The van der Waals surface area contributed by atoms with Crippen LogP contribution in [0.25, 0.3) is 10.2 Å². The summed E-state index contributed by atoms with van der Waals surface area (Å²) in [5.41, 5.74) is 6.08. The second-order valence-electron chi connectivity index (χ2n) is 4.75. The minimum absolute atomic E-state index is 0.0224. The van der Waals surface area contributed by atoms with Gasteiger partial charge in [-0.1, -0.05) is 11.3 Å². The van der Waals surface area contributed by atoms with E-state index in [-0.39, 0.29) is 5.88 Å². The van der Waals surface area contributed by atoms with E-state index >= 15 is 0 Å². The Morgan fingerprint density at radius 3 is 2.64 bits per heavy atom. The monoisotopic (exact) mass is 328 g/mol. The van der Waals surface area contributed by atoms with E-state index in [9.17, 15) is 13.2 Å². The van der Waals surface area contributed by atoms with Gasteiger partial charge in [0.25, 0.3) is 0 Å². The summed E-state index contributed by atoms with van der Waals surface area (Å²) in [4.78, 5) is 4.16. The zero-order chi connectivity index (χ0) is 16.1. The Kier molecular flexibility index (Phi) is 3.24. The largest absolute Gasteiger partial charge is 0.437 e. The molecule has 0 radical (unpaired) electrons. The highest BCUT2D eigenvalue weighted by atomic mass is 32.1. The predicted octanol–water partition coefficient (Wildman–Crippen LogP) is 3.73. The summed E-state index contributed by atoms with van der Waals surface area (Å²) in [6.45, 7) is 1.85. The molecule has 116 valence electrons. The summed E-state index contributed by atoms with van der Waals surface area (Å²) < 4.78 is 45.5. The van der Waals surface area contributed by atoms with Crippen LogP contribution in [0.1, 0.15) is 11.3 Å². The SMILES string of the molecule is Cc1cc(Oc2cc(C(F)(F)F)nn2C)c2nc(N)sc2c1. The lowest BCUT2D eigenvalue weighted by Crippen LogP contribution is -2.06. The van der Waals surface area contributed by atoms with Crippen LogP contribution in [0.5, 0.6) is 11.6 Å². The number of anilines is 1. The number of aromatic nitrogens is 3. The molecule has 2 aromatic heterocycles. The third kappa shape index (κ3) is 2.59. The number of hydrogen-bond acceptors (Lipinski definition) is 5. The molecule has 0 atom stereocenters. The van der Waals surface area contributed by atoms with Gasteiger partial charge in [0, 0.05) is 13.1 Å². The van der Waals surface area contributed by atoms with Gasteiger partial charge in [0.2, 0.25) is 5.88 Å². The minimum atomic E-state index is -4.52. The molecule has 0 unspecified atom stereocenters. The predicted molar refractivity (Wildman–Crippen MR) is 77.1 cm³/mol. The summed E-state index contributed by atoms with van der Waals surface area (Å²) in [5.74, 6) is 0.325. The number of nitrogens with zero attached hydrogens (tertiary/aromatic N) is 3. The molecule has 9 heteroatoms. The number of aryl methyl sites for hydroxylation is 2. The molecule has 5 nitrogen and oxygen atoms in total. The van der Waals surface area contributed by atoms with E-state index in [1.165, 1.54) is 18.4 Å². The van der Waals surface area contributed by atoms with Crippen molar-refractivity contribution in [3.05, 3.63) is 29.5 Å². The van der Waals surface area contributed by atoms with E-state index in [0.717, 1.165) is 21.0 Å². The van der Waals surface area contributed by atoms with Crippen LogP contribution in [0.2, 0.25) is 0 Å². The zero-order valence-corrected chi connectivity index (χ0v) is 12.4. The van der Waals surface area contributed by atoms with Crippen LogP contribution in [0.4, 0.5) is 18.3 Å². The van der Waals surface area contributed by atoms with Crippen LogP contribution >= 0.6 is 11.3 Å². The van der Waals surface area contributed by atoms with Gasteiger partial charge >= 0.3 is 6.18 Å². The molecule has 0 aliphatic rings. The Hall–Kier alpha value is -2.29. The van der Waals surface area contributed by atoms with Crippen LogP contribution in [-0.2, 0) is 13.2 Å². The number of fused-ring (bicyclic) bond motifs is 1. The van der Waals surface area contributed by atoms with Crippen LogP contribution in [0.15, 0.2) is 18.2 Å². The molecule has 0 spiro atoms. The molecule has 2 N–H and O–H groups in total. The fraction of sp³-hybridized carbons (Fsp3) is 0.231. The number of alkyl halides is 3. The molecule has 22 heavy (non-hydrogen) atoms. The first-order chi connectivity index (χ1) is 10.2. The van der Waals surface area contributed by atoms with E-state index in [1.54, 1.807) is 6.07 Å². The Labute approximate surface area is 127 Å². The number of hydrogen-bond donors (Lipinski definition) is 1. The van der Waals surface area contributed by atoms with Gasteiger partial charge in [-0.15, -0.1) is 0 Å². The maximum Gasteiger partial charge on any atom is 0.435 e. The molecule has 0 saturated heterocycles. The van der Waals surface area contributed by atoms with Crippen LogP contribution in [-0.4, -0.2) is 14.8 Å². The fourth-order valence-corrected chi connectivity index (χ4v) is 2.87. The Morgan fingerprint density at radius 1 is 1.27 bits per heavy atom. The molecule has 0 aliphatic carbocycles. The van der Waals surface area contributed by atoms with Crippen LogP contribution < -0.4 is 10.5 Å². The lowest BCUT2D eigenvalue weighted by molar-refractivity contribution is -0.141. The summed E-state index contributed by atoms with van der Waals surface area (Å²) in [5, 5.41) is 3.78. The summed E-state index contributed by atoms with van der Waals surface area (Å²) >= 11 is 1.29. The summed E-state index contributed by atoms with van der Waals surface area (Å²) in [6, 6.07) is 4.44. The van der Waals surface area contributed by atoms with Crippen molar-refractivity contribution in [2.24, 2.45) is 7.05 Å². The average molecular weight is 328 g/mol. The molecule has 3 rings (SSSR count). The molecular weight excluding hydrogens is 317 g/mol. The van der Waals surface area contributed by atoms with Crippen LogP contribution in [0.3, 0.4) is 0 Å². The third-order valence-electron chi connectivity index (χ3n) is 2.96. The van der Waals surface area contributed by atoms with Crippen molar-refractivity contribution in [1.82, 2.24) is 14.8 Å². The maximum absolute atomic E-state index is 12.7. The van der Waals surface area contributed by atoms with E-state index in [4.69, 9.17) is 10.5 Å². The zero-order valence-electron chi connectivity index (χ0n) is 11.6. The first-order valence-electron chi connectivity index (χ1n) is 6.20. The number of ether oxygens (including phenoxy) is 1. The van der Waals surface area contributed by atoms with Crippen molar-refractivity contribution in [3.8, 4) is 11.6 Å². The normalized spacial score (nSPS) is 12.0. The Balaban J connectivity index is 2.05. The van der Waals surface area contributed by atoms with Gasteiger partial charge in [-0.05, 0) is 24.6 Å². The van der Waals surface area contributed by atoms with Crippen molar-refractivity contribution in [2.45, 2.75) is 13.1 Å². The number of halogens is 3. The average Bonchev–Trinajstić information content (AvgIpc) is 2.92. The van der Waals surface area contributed by atoms with E-state index < -0.39 is 11.9 Å². The van der Waals surface area contributed by atoms with Crippen LogP contribution in [0, 0.1) is 6.92 Å². The van der Waals surface area contributed by atoms with Crippen molar-refractivity contribution < 1.29 is 17.9 Å². The van der Waals surface area contributed by atoms with E-state index in [1.807, 2.05) is 13.0 Å². The second kappa shape index (κ2) is 4.87. The van der Waals surface area contributed by atoms with Gasteiger partial charge < -0.3 is 10.5 Å². The smallest absolute Gasteiger partial charge is 0.435 e. The highest BCUT2D eigenvalue weighted by Gasteiger charge is 2.35. The van der Waals surface area contributed by atoms with Gasteiger partial charge in [0.15, 0.2) is 16.6 Å². The van der Waals surface area contributed by atoms with Crippen molar-refractivity contribution in [1.29, 1.82) is 0 Å². The number of thiazole rings is 1. The first kappa shape index (κ1) is 14.6. The van der Waals surface area contributed by atoms with E-state index in [2.05, 4.69) is 10.1 Å². The number of nitrogens with two attached hydrogens (primary N) is 1. The molecule has 0 aliphatic heterocycles. The first-order valence-corrected chi connectivity index (χ1v) is 7.01. The number of nitrogen functional groups attached to an aromatic ring is 1. The lowest BCUT2D eigenvalue weighted by atomic mass is 10.2. The Bertz CT molecular complexity index is 853. The summed E-state index contributed by atoms with van der Waals surface area (Å²) in [6.07, 6.45) is -4.52. The van der Waals surface area contributed by atoms with Crippen molar-refractivity contribution >= 4 is 26.7 Å². The molecule has 3 aromatic rings. The standard InChI is InChI=1S/C13H11F3N4OS/c1-6-3-7(11-8(4-6)22-12(17)18-11)21-10-5-9(13(14,15)16)19-20(10)2/h3-5H,1-2H3,(H2,17,18). The van der Waals surface area contributed by atoms with E-state index in [0.29, 0.717) is 16.4 Å². The minimum Gasteiger partial charge on any atom is -0.437 e. The Morgan fingerprint density at radius 2 is 2.00 bits per heavy atom. The quantitative estimate of drug-likeness (QED) is 0.778. The van der Waals surface area contributed by atoms with Crippen molar-refractivity contribution in [2.75, 3.05) is 5.73 Å². The topological polar surface area (TPSA) is 66.0 Å². The lowest BCUT2D eigenvalue weighted by Gasteiger charge is -2.06. The van der Waals surface area contributed by atoms with Crippen molar-refractivity contribution in [3.63, 3.8) is 0 Å². The molecule has 0 amide bonds. The third-order valence-corrected chi connectivity index (χ3v) is 3.79. The molecule has 0 saturated carbocycles. The van der Waals surface area contributed by atoms with Gasteiger partial charge in [-0.25, -0.2) is 9.67 Å². The fourth-order valence-electron chi connectivity index (χ4n) is 2.02. The summed E-state index contributed by atoms with van der Waals surface area (Å²) in [7, 11) is 1.38. The van der Waals surface area contributed by atoms with Gasteiger partial charge in [0.1, 0.15) is 5.52 Å². The van der Waals surface area contributed by atoms with Gasteiger partial charge in [-0.3, -0.25) is 0 Å². The number of benzene rings is 1. The second-order valence-corrected chi connectivity index (χ2v) is 5.82. The molecule has 2 heterocycles. The van der Waals surface area contributed by atoms with Gasteiger partial charge in [-0.2, -0.15) is 18.3 Å². The molecule has 1 aromatic carbocycles. The maximum atomic E-state index is 12.7. The van der Waals surface area contributed by atoms with Gasteiger partial charge in [0.05, 0.1) is 4.70 Å². The molecular formula is C13H11F3N4OS. The molecule has 0 bridgehead atoms. The highest BCUT2D eigenvalue weighted by Crippen LogP contribution is 2.36. The highest BCUT2D eigenvalue weighted by molar-refractivity contribution is 7.22. The molecule has 0 fully saturated rings.